The molecule has 1 atom stereocenters. The van der Waals surface area contributed by atoms with Crippen molar-refractivity contribution in [2.45, 2.75) is 46.0 Å². The number of amides is 1. The average Bonchev–Trinajstić information content (AvgIpc) is 2.87. The Morgan fingerprint density at radius 3 is 2.77 bits per heavy atom. The Morgan fingerprint density at radius 2 is 2.16 bits per heavy atom. The predicted molar refractivity (Wildman–Crippen MR) is 121 cm³/mol. The average molecular weight is 428 g/mol. The Morgan fingerprint density at radius 1 is 1.42 bits per heavy atom. The molecule has 0 radical (unpaired) electrons. The number of nitrogens with zero attached hydrogens (tertiary/aromatic N) is 3. The highest BCUT2D eigenvalue weighted by Gasteiger charge is 2.29. The van der Waals surface area contributed by atoms with Gasteiger partial charge in [-0.2, -0.15) is 5.26 Å². The number of carbonyl (C=O) groups is 2. The van der Waals surface area contributed by atoms with E-state index in [9.17, 15) is 9.59 Å². The van der Waals surface area contributed by atoms with Gasteiger partial charge in [-0.1, -0.05) is 6.92 Å². The van der Waals surface area contributed by atoms with Crippen molar-refractivity contribution in [3.8, 4) is 11.8 Å². The lowest BCUT2D eigenvalue weighted by Crippen LogP contribution is -2.34. The van der Waals surface area contributed by atoms with Crippen LogP contribution in [-0.2, 0) is 9.59 Å². The van der Waals surface area contributed by atoms with Crippen LogP contribution in [0.2, 0.25) is 0 Å². The number of rotatable bonds is 10. The van der Waals surface area contributed by atoms with Crippen LogP contribution in [0.3, 0.4) is 0 Å². The molecule has 1 amide bonds. The van der Waals surface area contributed by atoms with E-state index in [4.69, 9.17) is 21.6 Å². The summed E-state index contributed by atoms with van der Waals surface area (Å²) in [4.78, 5) is 25.9. The summed E-state index contributed by atoms with van der Waals surface area (Å²) in [6.45, 7) is 4.56. The van der Waals surface area contributed by atoms with E-state index in [0.29, 0.717) is 50.2 Å². The number of carbonyl (C=O) groups excluding carboxylic acids is 2. The van der Waals surface area contributed by atoms with Crippen molar-refractivity contribution < 1.29 is 14.3 Å². The number of anilines is 1. The van der Waals surface area contributed by atoms with E-state index in [2.05, 4.69) is 6.07 Å². The normalized spacial score (nSPS) is 16.6. The molecule has 1 aliphatic rings. The molecule has 8 heteroatoms. The summed E-state index contributed by atoms with van der Waals surface area (Å²) in [5, 5.41) is 10.5. The van der Waals surface area contributed by atoms with Gasteiger partial charge in [-0.15, -0.1) is 0 Å². The Kier molecular flexibility index (Phi) is 9.03. The topological polar surface area (TPSA) is 126 Å². The van der Waals surface area contributed by atoms with Crippen LogP contribution in [0, 0.1) is 17.2 Å². The third-order valence-corrected chi connectivity index (χ3v) is 5.55. The lowest BCUT2D eigenvalue weighted by Gasteiger charge is -2.26. The van der Waals surface area contributed by atoms with Crippen LogP contribution in [0.4, 0.5) is 5.69 Å². The maximum Gasteiger partial charge on any atom is 0.233 e. The minimum absolute atomic E-state index is 0.0337. The highest BCUT2D eigenvalue weighted by Crippen LogP contribution is 2.36. The van der Waals surface area contributed by atoms with E-state index < -0.39 is 0 Å². The van der Waals surface area contributed by atoms with E-state index in [1.807, 2.05) is 25.1 Å². The van der Waals surface area contributed by atoms with Gasteiger partial charge in [0.05, 0.1) is 36.4 Å². The molecule has 2 rings (SSSR count). The quantitative estimate of drug-likeness (QED) is 0.434. The van der Waals surface area contributed by atoms with Crippen molar-refractivity contribution in [2.75, 3.05) is 31.6 Å². The second-order valence-electron chi connectivity index (χ2n) is 7.79. The van der Waals surface area contributed by atoms with Crippen LogP contribution >= 0.6 is 0 Å². The van der Waals surface area contributed by atoms with Gasteiger partial charge >= 0.3 is 0 Å². The summed E-state index contributed by atoms with van der Waals surface area (Å²) in [5.41, 5.74) is 9.18. The monoisotopic (exact) mass is 427 g/mol. The standard InChI is InChI=1S/C23H33N5O3/c1-4-17(14-25)22(28(26)12-6-11-24)18-9-10-21-20(13-18)27(3)23(30)19(15-31-21)8-5-7-16(2)29/h9-10,13,19H,4-8,12,14-15,25-26H2,1-3H3/b22-17-/t19-/m0/s1. The number of benzene rings is 1. The molecule has 8 nitrogen and oxygen atoms in total. The molecule has 0 unspecified atom stereocenters. The van der Waals surface area contributed by atoms with Crippen molar-refractivity contribution in [3.63, 3.8) is 0 Å². The van der Waals surface area contributed by atoms with Crippen LogP contribution in [0.1, 0.15) is 51.5 Å². The first-order valence-electron chi connectivity index (χ1n) is 10.7. The van der Waals surface area contributed by atoms with Gasteiger partial charge in [0.1, 0.15) is 11.5 Å². The lowest BCUT2D eigenvalue weighted by molar-refractivity contribution is -0.123. The Bertz CT molecular complexity index is 868. The molecule has 0 spiro atoms. The molecular formula is C23H33N5O3. The number of nitrogens with two attached hydrogens (primary N) is 2. The molecule has 1 aromatic carbocycles. The van der Waals surface area contributed by atoms with Crippen LogP contribution in [0.5, 0.6) is 5.75 Å². The largest absolute Gasteiger partial charge is 0.491 e. The maximum atomic E-state index is 13.0. The van der Waals surface area contributed by atoms with Gasteiger partial charge in [-0.05, 0) is 50.0 Å². The summed E-state index contributed by atoms with van der Waals surface area (Å²) >= 11 is 0. The summed E-state index contributed by atoms with van der Waals surface area (Å²) < 4.78 is 5.96. The lowest BCUT2D eigenvalue weighted by atomic mass is 10.00. The van der Waals surface area contributed by atoms with Gasteiger partial charge < -0.3 is 25.2 Å². The van der Waals surface area contributed by atoms with E-state index in [1.165, 1.54) is 0 Å². The van der Waals surface area contributed by atoms with Crippen LogP contribution in [-0.4, -0.2) is 43.4 Å². The summed E-state index contributed by atoms with van der Waals surface area (Å²) in [6.07, 6.45) is 2.73. The summed E-state index contributed by atoms with van der Waals surface area (Å²) in [7, 11) is 1.74. The zero-order valence-electron chi connectivity index (χ0n) is 18.7. The minimum Gasteiger partial charge on any atom is -0.491 e. The van der Waals surface area contributed by atoms with E-state index in [-0.39, 0.29) is 30.6 Å². The van der Waals surface area contributed by atoms with Crippen LogP contribution in [0.15, 0.2) is 23.8 Å². The fourth-order valence-corrected chi connectivity index (χ4v) is 3.77. The highest BCUT2D eigenvalue weighted by molar-refractivity contribution is 5.97. The number of ketones is 1. The van der Waals surface area contributed by atoms with Crippen LogP contribution < -0.4 is 21.2 Å². The number of hydrazine groups is 1. The predicted octanol–water partition coefficient (Wildman–Crippen LogP) is 2.59. The van der Waals surface area contributed by atoms with Gasteiger partial charge in [0.2, 0.25) is 5.91 Å². The second kappa shape index (κ2) is 11.5. The van der Waals surface area contributed by atoms with Gasteiger partial charge in [0.25, 0.3) is 0 Å². The number of hydrogen-bond acceptors (Lipinski definition) is 7. The van der Waals surface area contributed by atoms with Crippen molar-refractivity contribution >= 4 is 23.1 Å². The summed E-state index contributed by atoms with van der Waals surface area (Å²) in [6, 6.07) is 7.74. The number of fused-ring (bicyclic) bond motifs is 1. The molecule has 0 saturated heterocycles. The fourth-order valence-electron chi connectivity index (χ4n) is 3.77. The zero-order chi connectivity index (χ0) is 23.0. The number of hydrogen-bond donors (Lipinski definition) is 2. The Labute approximate surface area is 184 Å². The molecule has 4 N–H and O–H groups in total. The number of Topliss-reactive ketones (excluding diaryl/α,β-unsaturated/α-hetero) is 1. The minimum atomic E-state index is -0.299. The summed E-state index contributed by atoms with van der Waals surface area (Å²) in [5.74, 6) is 6.70. The smallest absolute Gasteiger partial charge is 0.233 e. The Balaban J connectivity index is 2.37. The fraction of sp³-hybridized carbons (Fsp3) is 0.522. The molecule has 0 aliphatic carbocycles. The first kappa shape index (κ1) is 24.4. The van der Waals surface area contributed by atoms with E-state index >= 15 is 0 Å². The van der Waals surface area contributed by atoms with E-state index in [0.717, 1.165) is 16.8 Å². The van der Waals surface area contributed by atoms with Gasteiger partial charge in [0.15, 0.2) is 0 Å². The van der Waals surface area contributed by atoms with Gasteiger partial charge in [-0.3, -0.25) is 4.79 Å². The zero-order valence-corrected chi connectivity index (χ0v) is 18.7. The SMILES string of the molecule is CC/C(CN)=C(\c1ccc2c(c1)N(C)C(=O)[C@@H](CCCC(C)=O)CO2)N(N)CCC#N. The molecule has 1 heterocycles. The number of ether oxygens (including phenoxy) is 1. The third-order valence-electron chi connectivity index (χ3n) is 5.55. The number of nitriles is 1. The first-order valence-corrected chi connectivity index (χ1v) is 10.7. The van der Waals surface area contributed by atoms with Gasteiger partial charge in [0, 0.05) is 32.1 Å². The van der Waals surface area contributed by atoms with Crippen molar-refractivity contribution in [1.29, 1.82) is 5.26 Å². The van der Waals surface area contributed by atoms with Crippen molar-refractivity contribution in [3.05, 3.63) is 29.3 Å². The maximum absolute atomic E-state index is 13.0. The second-order valence-corrected chi connectivity index (χ2v) is 7.79. The molecular weight excluding hydrogens is 394 g/mol. The van der Waals surface area contributed by atoms with Crippen molar-refractivity contribution in [1.82, 2.24) is 5.01 Å². The van der Waals surface area contributed by atoms with Gasteiger partial charge in [-0.25, -0.2) is 5.84 Å². The Hall–Kier alpha value is -2.89. The highest BCUT2D eigenvalue weighted by atomic mass is 16.5. The molecule has 0 aromatic heterocycles. The first-order chi connectivity index (χ1) is 14.8. The van der Waals surface area contributed by atoms with E-state index in [1.54, 1.807) is 23.9 Å². The molecule has 1 aromatic rings. The third kappa shape index (κ3) is 6.06. The van der Waals surface area contributed by atoms with Crippen LogP contribution in [0.25, 0.3) is 5.70 Å². The molecule has 0 saturated carbocycles. The molecule has 1 aliphatic heterocycles. The molecule has 0 fully saturated rings. The van der Waals surface area contributed by atoms with Crippen molar-refractivity contribution in [2.24, 2.45) is 17.5 Å². The molecule has 0 bridgehead atoms. The molecule has 168 valence electrons. The molecule has 31 heavy (non-hydrogen) atoms.